The number of piperazine rings is 1. The Bertz CT molecular complexity index is 2790. The van der Waals surface area contributed by atoms with Crippen LogP contribution in [0.1, 0.15) is 24.0 Å². The molecule has 18 heteroatoms. The van der Waals surface area contributed by atoms with Gasteiger partial charge < -0.3 is 48.4 Å². The van der Waals surface area contributed by atoms with Gasteiger partial charge in [0.2, 0.25) is 0 Å². The summed E-state index contributed by atoms with van der Waals surface area (Å²) in [5, 5.41) is 26.4. The molecule has 1 N–H and O–H groups in total. The number of ether oxygens (including phenoxy) is 6. The molecule has 0 spiro atoms. The number of anilines is 4. The summed E-state index contributed by atoms with van der Waals surface area (Å²) in [6.45, 7) is 6.12. The number of fused-ring (bicyclic) bond motifs is 2. The number of rotatable bonds is 18. The number of aromatic nitrogens is 2. The van der Waals surface area contributed by atoms with Crippen LogP contribution in [-0.2, 0) is 0 Å². The number of benzene rings is 4. The summed E-state index contributed by atoms with van der Waals surface area (Å²) in [7, 11) is 8.27. The lowest BCUT2D eigenvalue weighted by atomic mass is 10.1. The first-order valence-corrected chi connectivity index (χ1v) is 22.1. The summed E-state index contributed by atoms with van der Waals surface area (Å²) in [6.07, 6.45) is 4.28. The number of nitrogens with zero attached hydrogens (tertiary/aromatic N) is 7. The Kier molecular flexibility index (Phi) is 15.5. The van der Waals surface area contributed by atoms with Gasteiger partial charge in [-0.2, -0.15) is 10.5 Å². The van der Waals surface area contributed by atoms with Crippen LogP contribution in [0.4, 0.5) is 22.7 Å². The Morgan fingerprint density at radius 2 is 1.18 bits per heavy atom. The minimum absolute atomic E-state index is 0.197. The zero-order valence-electron chi connectivity index (χ0n) is 36.4. The van der Waals surface area contributed by atoms with E-state index in [9.17, 15) is 10.5 Å². The largest absolute Gasteiger partial charge is 0.495 e. The highest BCUT2D eigenvalue weighted by Gasteiger charge is 2.24. The number of halogens is 4. The standard InChI is InChI=1S/C47H46Cl4N8O6/c1-57-10-12-58(13-11-57)8-6-14-64-45-21-37-31(17-43(45)63-5)47(29(25-53)27-55-37)59(39-23-41(61-3)35(51)19-33(39)49)9-7-15-65-44-20-36-30(16-42(44)62-4)46(28(24-52)26-54-36)56-38-22-40(60-2)34(50)18-32(38)48/h16-23,26-27H,6-15H2,1-5H3,(H,54,56). The normalized spacial score (nSPS) is 13.0. The fraction of sp³-hybridized carbons (Fsp3) is 0.319. The second-order valence-electron chi connectivity index (χ2n) is 15.1. The van der Waals surface area contributed by atoms with Gasteiger partial charge in [-0.1, -0.05) is 46.4 Å². The van der Waals surface area contributed by atoms with Crippen LogP contribution in [0.5, 0.6) is 34.5 Å². The fourth-order valence-corrected chi connectivity index (χ4v) is 8.69. The summed E-state index contributed by atoms with van der Waals surface area (Å²) < 4.78 is 35.3. The van der Waals surface area contributed by atoms with E-state index in [0.717, 1.165) is 39.1 Å². The monoisotopic (exact) mass is 958 g/mol. The average molecular weight is 961 g/mol. The lowest BCUT2D eigenvalue weighted by Gasteiger charge is -2.32. The van der Waals surface area contributed by atoms with Crippen LogP contribution in [0, 0.1) is 22.7 Å². The van der Waals surface area contributed by atoms with E-state index in [4.69, 9.17) is 74.8 Å². The molecule has 65 heavy (non-hydrogen) atoms. The zero-order valence-corrected chi connectivity index (χ0v) is 39.5. The smallest absolute Gasteiger partial charge is 0.163 e. The summed E-state index contributed by atoms with van der Waals surface area (Å²) in [5.74, 6) is 2.66. The molecule has 0 amide bonds. The lowest BCUT2D eigenvalue weighted by molar-refractivity contribution is 0.145. The first kappa shape index (κ1) is 47.1. The highest BCUT2D eigenvalue weighted by Crippen LogP contribution is 2.45. The average Bonchev–Trinajstić information content (AvgIpc) is 3.31. The van der Waals surface area contributed by atoms with Gasteiger partial charge in [0, 0.05) is 86.7 Å². The van der Waals surface area contributed by atoms with Crippen molar-refractivity contribution in [3.63, 3.8) is 0 Å². The van der Waals surface area contributed by atoms with Crippen molar-refractivity contribution in [2.24, 2.45) is 0 Å². The van der Waals surface area contributed by atoms with Crippen molar-refractivity contribution in [2.45, 2.75) is 12.8 Å². The highest BCUT2D eigenvalue weighted by atomic mass is 35.5. The van der Waals surface area contributed by atoms with Crippen LogP contribution in [-0.4, -0.2) is 108 Å². The molecule has 14 nitrogen and oxygen atoms in total. The maximum Gasteiger partial charge on any atom is 0.163 e. The first-order valence-electron chi connectivity index (χ1n) is 20.6. The molecule has 0 atom stereocenters. The van der Waals surface area contributed by atoms with E-state index >= 15 is 0 Å². The van der Waals surface area contributed by atoms with Crippen LogP contribution >= 0.6 is 46.4 Å². The van der Waals surface area contributed by atoms with Crippen LogP contribution in [0.2, 0.25) is 20.1 Å². The molecule has 0 unspecified atom stereocenters. The molecule has 4 aromatic carbocycles. The number of pyridine rings is 2. The lowest BCUT2D eigenvalue weighted by Crippen LogP contribution is -2.44. The molecule has 6 aromatic rings. The second-order valence-corrected chi connectivity index (χ2v) is 16.7. The highest BCUT2D eigenvalue weighted by molar-refractivity contribution is 6.38. The van der Waals surface area contributed by atoms with E-state index in [1.54, 1.807) is 43.5 Å². The van der Waals surface area contributed by atoms with Crippen molar-refractivity contribution >= 4 is 91.0 Å². The first-order chi connectivity index (χ1) is 31.5. The van der Waals surface area contributed by atoms with Gasteiger partial charge >= 0.3 is 0 Å². The van der Waals surface area contributed by atoms with E-state index in [2.05, 4.69) is 44.3 Å². The van der Waals surface area contributed by atoms with E-state index in [1.807, 2.05) is 17.0 Å². The van der Waals surface area contributed by atoms with Gasteiger partial charge in [-0.15, -0.1) is 0 Å². The molecule has 7 rings (SSSR count). The van der Waals surface area contributed by atoms with Crippen LogP contribution in [0.15, 0.2) is 60.9 Å². The van der Waals surface area contributed by atoms with Gasteiger partial charge in [-0.25, -0.2) is 0 Å². The van der Waals surface area contributed by atoms with Crippen molar-refractivity contribution in [1.29, 1.82) is 10.5 Å². The molecule has 1 saturated heterocycles. The van der Waals surface area contributed by atoms with Gasteiger partial charge in [0.15, 0.2) is 23.0 Å². The second kappa shape index (κ2) is 21.4. The molecular formula is C47H46Cl4N8O6. The Balaban J connectivity index is 1.18. The Morgan fingerprint density at radius 1 is 0.631 bits per heavy atom. The molecule has 3 heterocycles. The molecule has 0 aliphatic carbocycles. The molecule has 338 valence electrons. The predicted molar refractivity (Wildman–Crippen MR) is 256 cm³/mol. The SMILES string of the molecule is COc1cc(Nc2c(C#N)cnc3cc(OCCCN(c4cc(OC)c(Cl)cc4Cl)c4c(C#N)cnc5cc(OCCCN6CCN(C)CC6)c(OC)cc45)c(OC)cc23)c(Cl)cc1Cl. The molecule has 0 bridgehead atoms. The quantitative estimate of drug-likeness (QED) is 0.0814. The molecule has 2 aromatic heterocycles. The van der Waals surface area contributed by atoms with Crippen molar-refractivity contribution in [3.8, 4) is 46.6 Å². The number of hydrogen-bond donors (Lipinski definition) is 1. The summed E-state index contributed by atoms with van der Waals surface area (Å²) in [5.41, 5.74) is 3.69. The van der Waals surface area contributed by atoms with E-state index < -0.39 is 0 Å². The van der Waals surface area contributed by atoms with Crippen LogP contribution in [0.25, 0.3) is 21.8 Å². The third-order valence-electron chi connectivity index (χ3n) is 11.1. The van der Waals surface area contributed by atoms with Crippen molar-refractivity contribution in [2.75, 3.05) is 98.2 Å². The minimum Gasteiger partial charge on any atom is -0.495 e. The zero-order chi connectivity index (χ0) is 46.2. The summed E-state index contributed by atoms with van der Waals surface area (Å²) in [6, 6.07) is 18.2. The van der Waals surface area contributed by atoms with Gasteiger partial charge in [-0.05, 0) is 44.2 Å². The number of likely N-dealkylation sites (N-methyl/N-ethyl adjacent to an activating group) is 1. The van der Waals surface area contributed by atoms with Gasteiger partial charge in [0.1, 0.15) is 23.6 Å². The fourth-order valence-electron chi connectivity index (χ4n) is 7.62. The van der Waals surface area contributed by atoms with E-state index in [-0.39, 0.29) is 12.2 Å². The van der Waals surface area contributed by atoms with E-state index in [0.29, 0.717) is 124 Å². The van der Waals surface area contributed by atoms with Crippen LogP contribution in [0.3, 0.4) is 0 Å². The molecule has 1 aliphatic heterocycles. The van der Waals surface area contributed by atoms with Gasteiger partial charge in [-0.3, -0.25) is 9.97 Å². The van der Waals surface area contributed by atoms with Crippen molar-refractivity contribution < 1.29 is 28.4 Å². The Morgan fingerprint density at radius 3 is 1.80 bits per heavy atom. The predicted octanol–water partition coefficient (Wildman–Crippen LogP) is 10.5. The topological polar surface area (TPSA) is 150 Å². The van der Waals surface area contributed by atoms with Crippen molar-refractivity contribution in [1.82, 2.24) is 19.8 Å². The van der Waals surface area contributed by atoms with Crippen LogP contribution < -0.4 is 38.6 Å². The molecular weight excluding hydrogens is 914 g/mol. The summed E-state index contributed by atoms with van der Waals surface area (Å²) in [4.78, 5) is 16.0. The minimum atomic E-state index is 0.197. The van der Waals surface area contributed by atoms with Gasteiger partial charge in [0.05, 0.1) is 107 Å². The molecule has 0 radical (unpaired) electrons. The maximum absolute atomic E-state index is 10.5. The number of nitrogens with one attached hydrogen (secondary N) is 1. The Hall–Kier alpha value is -5.84. The number of methoxy groups -OCH3 is 4. The third-order valence-corrected chi connectivity index (χ3v) is 12.3. The Labute approximate surface area is 397 Å². The number of nitriles is 2. The molecule has 1 aliphatic rings. The van der Waals surface area contributed by atoms with Crippen molar-refractivity contribution in [3.05, 3.63) is 92.1 Å². The molecule has 0 saturated carbocycles. The van der Waals surface area contributed by atoms with Gasteiger partial charge in [0.25, 0.3) is 0 Å². The molecule has 1 fully saturated rings. The third kappa shape index (κ3) is 10.5. The van der Waals surface area contributed by atoms with E-state index in [1.165, 1.54) is 33.7 Å². The maximum atomic E-state index is 10.5. The summed E-state index contributed by atoms with van der Waals surface area (Å²) >= 11 is 26.3. The number of hydrogen-bond acceptors (Lipinski definition) is 14.